The molecule has 0 fully saturated rings. The molecule has 126 valence electrons. The smallest absolute Gasteiger partial charge is 0.348 e. The standard InChI is InChI=1S/C11H21F3NO5P/c1-3-18-21(17,19-4-2)20-9-7-5-6-8-15-10(16)11(12,13)14/h3-9H2,1-2H3,(H,15,16). The summed E-state index contributed by atoms with van der Waals surface area (Å²) in [5.74, 6) is -1.95. The molecule has 0 radical (unpaired) electrons. The van der Waals surface area contributed by atoms with Gasteiger partial charge in [-0.1, -0.05) is 0 Å². The highest BCUT2D eigenvalue weighted by molar-refractivity contribution is 7.48. The Balaban J connectivity index is 3.72. The second kappa shape index (κ2) is 10.2. The van der Waals surface area contributed by atoms with Crippen molar-refractivity contribution in [3.05, 3.63) is 0 Å². The maximum atomic E-state index is 11.9. The quantitative estimate of drug-likeness (QED) is 0.464. The van der Waals surface area contributed by atoms with Gasteiger partial charge in [0, 0.05) is 6.54 Å². The fraction of sp³-hybridized carbons (Fsp3) is 0.909. The summed E-state index contributed by atoms with van der Waals surface area (Å²) in [6.45, 7) is 3.69. The molecular weight excluding hydrogens is 314 g/mol. The summed E-state index contributed by atoms with van der Waals surface area (Å²) in [5.41, 5.74) is 0. The Labute approximate surface area is 121 Å². The van der Waals surface area contributed by atoms with Gasteiger partial charge in [-0.15, -0.1) is 0 Å². The highest BCUT2D eigenvalue weighted by Gasteiger charge is 2.38. The van der Waals surface area contributed by atoms with Crippen LogP contribution in [-0.4, -0.2) is 38.4 Å². The van der Waals surface area contributed by atoms with Gasteiger partial charge in [-0.3, -0.25) is 18.4 Å². The van der Waals surface area contributed by atoms with Crippen LogP contribution in [0.2, 0.25) is 0 Å². The summed E-state index contributed by atoms with van der Waals surface area (Å²) < 4.78 is 62.3. The van der Waals surface area contributed by atoms with Gasteiger partial charge in [0.05, 0.1) is 19.8 Å². The Hall–Kier alpha value is -0.630. The van der Waals surface area contributed by atoms with Gasteiger partial charge >= 0.3 is 19.9 Å². The number of unbranched alkanes of at least 4 members (excludes halogenated alkanes) is 2. The number of hydrogen-bond acceptors (Lipinski definition) is 5. The van der Waals surface area contributed by atoms with E-state index < -0.39 is 19.9 Å². The molecule has 0 bridgehead atoms. The van der Waals surface area contributed by atoms with Crippen LogP contribution in [0.25, 0.3) is 0 Å². The maximum absolute atomic E-state index is 11.9. The van der Waals surface area contributed by atoms with E-state index in [-0.39, 0.29) is 26.4 Å². The molecule has 0 aliphatic carbocycles. The SMILES string of the molecule is CCOP(=O)(OCC)OCCCCCNC(=O)C(F)(F)F. The Morgan fingerprint density at radius 1 is 1.05 bits per heavy atom. The number of hydrogen-bond donors (Lipinski definition) is 1. The van der Waals surface area contributed by atoms with Crippen molar-refractivity contribution in [3.63, 3.8) is 0 Å². The van der Waals surface area contributed by atoms with Gasteiger partial charge in [0.2, 0.25) is 0 Å². The zero-order chi connectivity index (χ0) is 16.4. The van der Waals surface area contributed by atoms with Crippen LogP contribution in [-0.2, 0) is 22.9 Å². The van der Waals surface area contributed by atoms with Crippen LogP contribution in [0.5, 0.6) is 0 Å². The van der Waals surface area contributed by atoms with E-state index in [4.69, 9.17) is 13.6 Å². The summed E-state index contributed by atoms with van der Waals surface area (Å²) in [6.07, 6.45) is -3.52. The number of rotatable bonds is 11. The Kier molecular flexibility index (Phi) is 9.85. The van der Waals surface area contributed by atoms with Gasteiger partial charge < -0.3 is 5.32 Å². The summed E-state index contributed by atoms with van der Waals surface area (Å²) in [5, 5.41) is 1.76. The fourth-order valence-electron chi connectivity index (χ4n) is 1.31. The van der Waals surface area contributed by atoms with Gasteiger partial charge in [-0.25, -0.2) is 4.57 Å². The molecule has 1 N–H and O–H groups in total. The second-order valence-electron chi connectivity index (χ2n) is 3.93. The topological polar surface area (TPSA) is 73.9 Å². The average Bonchev–Trinajstić information content (AvgIpc) is 2.36. The molecular formula is C11H21F3NO5P. The number of halogens is 3. The van der Waals surface area contributed by atoms with E-state index in [0.717, 1.165) is 0 Å². The minimum Gasteiger partial charge on any atom is -0.348 e. The number of nitrogens with one attached hydrogen (secondary N) is 1. The Bertz CT molecular complexity index is 341. The minimum absolute atomic E-state index is 0.0765. The van der Waals surface area contributed by atoms with Crippen LogP contribution < -0.4 is 5.32 Å². The molecule has 10 heteroatoms. The summed E-state index contributed by atoms with van der Waals surface area (Å²) in [4.78, 5) is 10.5. The second-order valence-corrected chi connectivity index (χ2v) is 5.60. The summed E-state index contributed by atoms with van der Waals surface area (Å²) >= 11 is 0. The van der Waals surface area contributed by atoms with E-state index in [1.165, 1.54) is 0 Å². The lowest BCUT2D eigenvalue weighted by molar-refractivity contribution is -0.173. The largest absolute Gasteiger partial charge is 0.474 e. The number of alkyl halides is 3. The van der Waals surface area contributed by atoms with Crippen molar-refractivity contribution < 1.29 is 36.1 Å². The molecule has 0 spiro atoms. The first-order chi connectivity index (χ1) is 9.75. The van der Waals surface area contributed by atoms with Crippen LogP contribution >= 0.6 is 7.82 Å². The number of phosphoric ester groups is 1. The summed E-state index contributed by atoms with van der Waals surface area (Å²) in [7, 11) is -3.53. The van der Waals surface area contributed by atoms with Crippen LogP contribution in [0, 0.1) is 0 Å². The van der Waals surface area contributed by atoms with Crippen molar-refractivity contribution in [1.82, 2.24) is 5.32 Å². The van der Waals surface area contributed by atoms with Crippen molar-refractivity contribution in [3.8, 4) is 0 Å². The predicted molar refractivity (Wildman–Crippen MR) is 69.7 cm³/mol. The Morgan fingerprint density at radius 2 is 1.62 bits per heavy atom. The molecule has 0 saturated heterocycles. The molecule has 1 amide bonds. The fourth-order valence-corrected chi connectivity index (χ4v) is 2.52. The van der Waals surface area contributed by atoms with Gasteiger partial charge in [-0.05, 0) is 33.1 Å². The van der Waals surface area contributed by atoms with Crippen molar-refractivity contribution in [2.45, 2.75) is 39.3 Å². The number of carbonyl (C=O) groups excluding carboxylic acids is 1. The molecule has 0 atom stereocenters. The van der Waals surface area contributed by atoms with Gasteiger partial charge in [0.25, 0.3) is 0 Å². The lowest BCUT2D eigenvalue weighted by atomic mass is 10.2. The molecule has 0 saturated carbocycles. The molecule has 0 aromatic carbocycles. The van der Waals surface area contributed by atoms with Crippen molar-refractivity contribution in [2.75, 3.05) is 26.4 Å². The normalized spacial score (nSPS) is 12.4. The van der Waals surface area contributed by atoms with Crippen LogP contribution in [0.4, 0.5) is 13.2 Å². The molecule has 0 aromatic rings. The van der Waals surface area contributed by atoms with Crippen LogP contribution in [0.3, 0.4) is 0 Å². The Morgan fingerprint density at radius 3 is 2.10 bits per heavy atom. The van der Waals surface area contributed by atoms with Crippen molar-refractivity contribution >= 4 is 13.7 Å². The number of carbonyl (C=O) groups is 1. The third-order valence-corrected chi connectivity index (χ3v) is 3.84. The highest BCUT2D eigenvalue weighted by Crippen LogP contribution is 2.49. The van der Waals surface area contributed by atoms with Gasteiger partial charge in [-0.2, -0.15) is 13.2 Å². The summed E-state index contributed by atoms with van der Waals surface area (Å²) in [6, 6.07) is 0. The molecule has 0 unspecified atom stereocenters. The molecule has 21 heavy (non-hydrogen) atoms. The molecule has 0 aromatic heterocycles. The molecule has 6 nitrogen and oxygen atoms in total. The lowest BCUT2D eigenvalue weighted by Crippen LogP contribution is -2.37. The monoisotopic (exact) mass is 335 g/mol. The number of phosphoric acid groups is 1. The van der Waals surface area contributed by atoms with E-state index >= 15 is 0 Å². The van der Waals surface area contributed by atoms with Crippen molar-refractivity contribution in [1.29, 1.82) is 0 Å². The zero-order valence-electron chi connectivity index (χ0n) is 12.1. The van der Waals surface area contributed by atoms with E-state index in [9.17, 15) is 22.5 Å². The molecule has 0 aliphatic rings. The third kappa shape index (κ3) is 9.84. The van der Waals surface area contributed by atoms with E-state index in [1.807, 2.05) is 0 Å². The zero-order valence-corrected chi connectivity index (χ0v) is 13.0. The minimum atomic E-state index is -4.86. The maximum Gasteiger partial charge on any atom is 0.474 e. The first kappa shape index (κ1) is 20.4. The molecule has 0 rings (SSSR count). The van der Waals surface area contributed by atoms with Gasteiger partial charge in [0.1, 0.15) is 0 Å². The first-order valence-corrected chi connectivity index (χ1v) is 8.10. The van der Waals surface area contributed by atoms with Gasteiger partial charge in [0.15, 0.2) is 0 Å². The first-order valence-electron chi connectivity index (χ1n) is 6.64. The third-order valence-electron chi connectivity index (χ3n) is 2.19. The van der Waals surface area contributed by atoms with E-state index in [0.29, 0.717) is 19.3 Å². The number of amides is 1. The lowest BCUT2D eigenvalue weighted by Gasteiger charge is -2.16. The highest BCUT2D eigenvalue weighted by atomic mass is 31.2. The van der Waals surface area contributed by atoms with E-state index in [2.05, 4.69) is 0 Å². The van der Waals surface area contributed by atoms with Crippen LogP contribution in [0.15, 0.2) is 0 Å². The average molecular weight is 335 g/mol. The van der Waals surface area contributed by atoms with E-state index in [1.54, 1.807) is 19.2 Å². The van der Waals surface area contributed by atoms with Crippen LogP contribution in [0.1, 0.15) is 33.1 Å². The molecule has 0 heterocycles. The molecule has 0 aliphatic heterocycles. The van der Waals surface area contributed by atoms with Crippen molar-refractivity contribution in [2.24, 2.45) is 0 Å². The predicted octanol–water partition coefficient (Wildman–Crippen LogP) is 3.03.